The van der Waals surface area contributed by atoms with Gasteiger partial charge in [-0.25, -0.2) is 0 Å². The van der Waals surface area contributed by atoms with Crippen molar-refractivity contribution in [2.24, 2.45) is 0 Å². The molecule has 0 nitrogen and oxygen atoms in total. The van der Waals surface area contributed by atoms with E-state index in [9.17, 15) is 0 Å². The molecule has 0 amide bonds. The average molecular weight is 462 g/mol. The first-order chi connectivity index (χ1) is 13.1. The second kappa shape index (κ2) is 9.01. The lowest BCUT2D eigenvalue weighted by Gasteiger charge is -2.05. The SMILES string of the molecule is C=C/C=C\c1c(C)ccc(=C/Cc2ccc3cc(I)ccc3c2)/c1=C\C=C. The lowest BCUT2D eigenvalue weighted by molar-refractivity contribution is 1.31. The summed E-state index contributed by atoms with van der Waals surface area (Å²) in [6.07, 6.45) is 13.0. The van der Waals surface area contributed by atoms with Crippen molar-refractivity contribution in [2.45, 2.75) is 13.3 Å². The molecular weight excluding hydrogens is 439 g/mol. The van der Waals surface area contributed by atoms with Crippen molar-refractivity contribution in [3.63, 3.8) is 0 Å². The molecule has 0 radical (unpaired) electrons. The molecule has 134 valence electrons. The highest BCUT2D eigenvalue weighted by Crippen LogP contribution is 2.19. The van der Waals surface area contributed by atoms with Gasteiger partial charge in [0.1, 0.15) is 0 Å². The van der Waals surface area contributed by atoms with Gasteiger partial charge >= 0.3 is 0 Å². The van der Waals surface area contributed by atoms with Crippen LogP contribution in [0.3, 0.4) is 0 Å². The summed E-state index contributed by atoms with van der Waals surface area (Å²) in [4.78, 5) is 0. The number of hydrogen-bond acceptors (Lipinski definition) is 0. The molecule has 0 aromatic heterocycles. The third-order valence-corrected chi connectivity index (χ3v) is 5.32. The van der Waals surface area contributed by atoms with Crippen LogP contribution in [-0.4, -0.2) is 0 Å². The number of hydrogen-bond donors (Lipinski definition) is 0. The zero-order valence-electron chi connectivity index (χ0n) is 15.6. The Bertz CT molecular complexity index is 1150. The molecule has 0 unspecified atom stereocenters. The predicted molar refractivity (Wildman–Crippen MR) is 129 cm³/mol. The molecule has 0 fully saturated rings. The fraction of sp³-hybridized carbons (Fsp3) is 0.0769. The largest absolute Gasteiger partial charge is 0.0991 e. The third-order valence-electron chi connectivity index (χ3n) is 4.65. The Morgan fingerprint density at radius 2 is 1.70 bits per heavy atom. The Morgan fingerprint density at radius 3 is 2.48 bits per heavy atom. The summed E-state index contributed by atoms with van der Waals surface area (Å²) < 4.78 is 1.27. The van der Waals surface area contributed by atoms with Crippen LogP contribution >= 0.6 is 22.6 Å². The van der Waals surface area contributed by atoms with Crippen LogP contribution in [-0.2, 0) is 6.42 Å². The van der Waals surface area contributed by atoms with E-state index in [0.29, 0.717) is 0 Å². The van der Waals surface area contributed by atoms with Gasteiger partial charge < -0.3 is 0 Å². The van der Waals surface area contributed by atoms with Crippen molar-refractivity contribution in [3.05, 3.63) is 111 Å². The second-order valence-electron chi connectivity index (χ2n) is 6.53. The molecule has 0 saturated carbocycles. The van der Waals surface area contributed by atoms with E-state index >= 15 is 0 Å². The maximum Gasteiger partial charge on any atom is 0.0136 e. The minimum atomic E-state index is 0.896. The molecule has 0 N–H and O–H groups in total. The van der Waals surface area contributed by atoms with Gasteiger partial charge in [0.2, 0.25) is 0 Å². The van der Waals surface area contributed by atoms with Crippen molar-refractivity contribution >= 4 is 51.6 Å². The molecule has 0 spiro atoms. The van der Waals surface area contributed by atoms with Crippen molar-refractivity contribution in [1.82, 2.24) is 0 Å². The van der Waals surface area contributed by atoms with Crippen LogP contribution in [0.25, 0.3) is 29.0 Å². The summed E-state index contributed by atoms with van der Waals surface area (Å²) in [6, 6.07) is 17.7. The fourth-order valence-corrected chi connectivity index (χ4v) is 3.77. The van der Waals surface area contributed by atoms with Gasteiger partial charge in [-0.3, -0.25) is 0 Å². The summed E-state index contributed by atoms with van der Waals surface area (Å²) in [6.45, 7) is 9.81. The van der Waals surface area contributed by atoms with Crippen LogP contribution in [0.4, 0.5) is 0 Å². The van der Waals surface area contributed by atoms with E-state index < -0.39 is 0 Å². The minimum absolute atomic E-state index is 0.896. The number of rotatable bonds is 5. The molecular formula is C26H23I. The van der Waals surface area contributed by atoms with Crippen LogP contribution in [0.2, 0.25) is 0 Å². The molecule has 0 aliphatic rings. The third kappa shape index (κ3) is 4.67. The molecule has 0 bridgehead atoms. The van der Waals surface area contributed by atoms with Gasteiger partial charge in [0, 0.05) is 3.57 Å². The zero-order chi connectivity index (χ0) is 19.2. The van der Waals surface area contributed by atoms with Crippen LogP contribution in [0.5, 0.6) is 0 Å². The van der Waals surface area contributed by atoms with Crippen molar-refractivity contribution in [3.8, 4) is 0 Å². The summed E-state index contributed by atoms with van der Waals surface area (Å²) in [5.41, 5.74) is 3.78. The van der Waals surface area contributed by atoms with Crippen LogP contribution < -0.4 is 10.4 Å². The first kappa shape index (κ1) is 19.4. The second-order valence-corrected chi connectivity index (χ2v) is 7.78. The molecule has 1 heteroatoms. The average Bonchev–Trinajstić information content (AvgIpc) is 2.67. The van der Waals surface area contributed by atoms with Crippen LogP contribution in [0.1, 0.15) is 16.7 Å². The highest BCUT2D eigenvalue weighted by molar-refractivity contribution is 14.1. The topological polar surface area (TPSA) is 0 Å². The normalized spacial score (nSPS) is 12.8. The first-order valence-electron chi connectivity index (χ1n) is 9.02. The van der Waals surface area contributed by atoms with Gasteiger partial charge in [0.15, 0.2) is 0 Å². The Morgan fingerprint density at radius 1 is 0.926 bits per heavy atom. The number of halogens is 1. The van der Waals surface area contributed by atoms with E-state index in [1.807, 2.05) is 18.2 Å². The van der Waals surface area contributed by atoms with Crippen molar-refractivity contribution in [1.29, 1.82) is 0 Å². The Kier molecular flexibility index (Phi) is 6.46. The fourth-order valence-electron chi connectivity index (χ4n) is 3.25. The summed E-state index contributed by atoms with van der Waals surface area (Å²) in [5.74, 6) is 0. The molecule has 27 heavy (non-hydrogen) atoms. The van der Waals surface area contributed by atoms with Gasteiger partial charge in [0.25, 0.3) is 0 Å². The standard InChI is InChI=1S/C26H23I/c1-4-6-8-25-19(3)9-12-21(26(25)7-5-2)13-10-20-11-14-23-18-24(27)16-15-22(23)17-20/h4-9,11-18H,1-2,10H2,3H3/b8-6-,21-13-,26-7+. The highest BCUT2D eigenvalue weighted by Gasteiger charge is 2.00. The molecule has 3 aromatic carbocycles. The quantitative estimate of drug-likeness (QED) is 0.325. The van der Waals surface area contributed by atoms with Crippen LogP contribution in [0.15, 0.2) is 79.9 Å². The molecule has 0 aliphatic carbocycles. The summed E-state index contributed by atoms with van der Waals surface area (Å²) in [5, 5.41) is 5.02. The number of allylic oxidation sites excluding steroid dienone is 3. The molecule has 0 saturated heterocycles. The molecule has 0 heterocycles. The van der Waals surface area contributed by atoms with Gasteiger partial charge in [-0.15, -0.1) is 0 Å². The van der Waals surface area contributed by atoms with Gasteiger partial charge in [0.05, 0.1) is 0 Å². The van der Waals surface area contributed by atoms with E-state index in [1.165, 1.54) is 41.5 Å². The van der Waals surface area contributed by atoms with E-state index in [1.54, 1.807) is 0 Å². The summed E-state index contributed by atoms with van der Waals surface area (Å²) >= 11 is 2.36. The van der Waals surface area contributed by atoms with E-state index in [2.05, 4.69) is 109 Å². The maximum absolute atomic E-state index is 3.89. The van der Waals surface area contributed by atoms with Gasteiger partial charge in [-0.2, -0.15) is 0 Å². The van der Waals surface area contributed by atoms with Crippen molar-refractivity contribution < 1.29 is 0 Å². The van der Waals surface area contributed by atoms with Crippen molar-refractivity contribution in [2.75, 3.05) is 0 Å². The van der Waals surface area contributed by atoms with Gasteiger partial charge in [-0.1, -0.05) is 86.0 Å². The monoisotopic (exact) mass is 462 g/mol. The highest BCUT2D eigenvalue weighted by atomic mass is 127. The minimum Gasteiger partial charge on any atom is -0.0991 e. The molecule has 3 aromatic rings. The summed E-state index contributed by atoms with van der Waals surface area (Å²) in [7, 11) is 0. The maximum atomic E-state index is 3.89. The lowest BCUT2D eigenvalue weighted by Crippen LogP contribution is -2.28. The predicted octanol–water partition coefficient (Wildman–Crippen LogP) is 5.94. The Balaban J connectivity index is 2.06. The van der Waals surface area contributed by atoms with Gasteiger partial charge in [-0.05, 0) is 86.0 Å². The smallest absolute Gasteiger partial charge is 0.0136 e. The number of fused-ring (bicyclic) bond motifs is 1. The lowest BCUT2D eigenvalue weighted by atomic mass is 10.0. The molecule has 0 aliphatic heterocycles. The Hall–Kier alpha value is -2.39. The zero-order valence-corrected chi connectivity index (χ0v) is 17.7. The first-order valence-corrected chi connectivity index (χ1v) is 10.1. The van der Waals surface area contributed by atoms with E-state index in [4.69, 9.17) is 0 Å². The Labute approximate surface area is 175 Å². The molecule has 0 atom stereocenters. The number of aryl methyl sites for hydroxylation is 1. The molecule has 3 rings (SSSR count). The van der Waals surface area contributed by atoms with Crippen LogP contribution in [0, 0.1) is 10.5 Å². The number of benzene rings is 3. The van der Waals surface area contributed by atoms with E-state index in [-0.39, 0.29) is 0 Å². The van der Waals surface area contributed by atoms with E-state index in [0.717, 1.165) is 6.42 Å².